The lowest BCUT2D eigenvalue weighted by Crippen LogP contribution is -2.57. The number of halogens is 1. The third-order valence-electron chi connectivity index (χ3n) is 5.73. The van der Waals surface area contributed by atoms with Crippen molar-refractivity contribution in [2.24, 2.45) is 0 Å². The van der Waals surface area contributed by atoms with Crippen LogP contribution in [0, 0.1) is 0 Å². The summed E-state index contributed by atoms with van der Waals surface area (Å²) in [4.78, 5) is 13.3. The van der Waals surface area contributed by atoms with E-state index in [1.165, 1.54) is 12.1 Å². The van der Waals surface area contributed by atoms with Gasteiger partial charge in [-0.1, -0.05) is 53.5 Å². The van der Waals surface area contributed by atoms with E-state index in [-0.39, 0.29) is 23.8 Å². The number of phenols is 1. The van der Waals surface area contributed by atoms with Crippen molar-refractivity contribution in [3.8, 4) is 5.75 Å². The van der Waals surface area contributed by atoms with Crippen molar-refractivity contribution < 1.29 is 18.3 Å². The molecule has 2 aromatic carbocycles. The normalized spacial score (nSPS) is 16.3. The topological polar surface area (TPSA) is 95.5 Å². The van der Waals surface area contributed by atoms with E-state index in [0.29, 0.717) is 6.42 Å². The molecule has 31 heavy (non-hydrogen) atoms. The number of phenolic OH excluding ortho intramolecular Hbond substituents is 1. The Balaban J connectivity index is 1.83. The summed E-state index contributed by atoms with van der Waals surface area (Å²) in [6.07, 6.45) is 4.10. The first kappa shape index (κ1) is 23.8. The second kappa shape index (κ2) is 10.1. The molecule has 1 aliphatic rings. The van der Waals surface area contributed by atoms with Gasteiger partial charge in [-0.3, -0.25) is 4.79 Å². The van der Waals surface area contributed by atoms with Crippen molar-refractivity contribution in [1.29, 1.82) is 0 Å². The number of sulfonamides is 1. The zero-order valence-electron chi connectivity index (χ0n) is 17.6. The molecule has 1 atom stereocenters. The van der Waals surface area contributed by atoms with Crippen LogP contribution in [0.5, 0.6) is 5.75 Å². The van der Waals surface area contributed by atoms with Crippen LogP contribution in [0.15, 0.2) is 53.0 Å². The lowest BCUT2D eigenvalue weighted by atomic mass is 9.71. The van der Waals surface area contributed by atoms with Crippen LogP contribution in [0.25, 0.3) is 0 Å². The van der Waals surface area contributed by atoms with Gasteiger partial charge in [0.1, 0.15) is 11.8 Å². The van der Waals surface area contributed by atoms with E-state index in [0.717, 1.165) is 41.3 Å². The zero-order chi connectivity index (χ0) is 22.5. The summed E-state index contributed by atoms with van der Waals surface area (Å²) in [5, 5.41) is 12.7. The van der Waals surface area contributed by atoms with Gasteiger partial charge in [-0.05, 0) is 67.5 Å². The van der Waals surface area contributed by atoms with E-state index >= 15 is 0 Å². The number of nitrogens with one attached hydrogen (secondary N) is 2. The monoisotopic (exact) mass is 508 g/mol. The fourth-order valence-corrected chi connectivity index (χ4v) is 5.60. The number of hydrogen-bond donors (Lipinski definition) is 3. The Morgan fingerprint density at radius 2 is 1.90 bits per heavy atom. The highest BCUT2D eigenvalue weighted by Gasteiger charge is 2.41. The molecule has 0 bridgehead atoms. The van der Waals surface area contributed by atoms with E-state index in [4.69, 9.17) is 0 Å². The molecular formula is C23H29BrN2O4S. The number of carbonyl (C=O) groups excluding carboxylic acids is 1. The Morgan fingerprint density at radius 1 is 1.19 bits per heavy atom. The molecule has 0 aliphatic heterocycles. The van der Waals surface area contributed by atoms with Crippen LogP contribution in [0.4, 0.5) is 0 Å². The Morgan fingerprint density at radius 3 is 2.48 bits per heavy atom. The minimum atomic E-state index is -3.60. The van der Waals surface area contributed by atoms with Gasteiger partial charge in [0.05, 0.1) is 11.3 Å². The molecule has 0 spiro atoms. The van der Waals surface area contributed by atoms with Crippen molar-refractivity contribution in [2.45, 2.75) is 57.0 Å². The molecule has 1 fully saturated rings. The summed E-state index contributed by atoms with van der Waals surface area (Å²) >= 11 is 3.49. The van der Waals surface area contributed by atoms with Crippen LogP contribution in [0.3, 0.4) is 0 Å². The quantitative estimate of drug-likeness (QED) is 0.452. The van der Waals surface area contributed by atoms with Gasteiger partial charge < -0.3 is 10.4 Å². The molecule has 0 heterocycles. The fourth-order valence-electron chi connectivity index (χ4n) is 3.79. The molecule has 1 unspecified atom stereocenters. The summed E-state index contributed by atoms with van der Waals surface area (Å²) in [6, 6.07) is 13.4. The number of aromatic hydroxyl groups is 1. The standard InChI is InChI=1S/C23H29BrN2O4S/c1-2-3-14-31(29,30)26-21(15-17-8-10-20(27)11-9-17)22(28)25-23(12-5-13-23)18-6-4-7-19(24)16-18/h4,6-11,16,21,26-27H,2-3,5,12-15H2,1H3,(H,25,28). The number of amides is 1. The molecule has 2 aromatic rings. The highest BCUT2D eigenvalue weighted by Crippen LogP contribution is 2.42. The molecule has 3 rings (SSSR count). The van der Waals surface area contributed by atoms with E-state index in [1.807, 2.05) is 31.2 Å². The summed E-state index contributed by atoms with van der Waals surface area (Å²) in [7, 11) is -3.60. The molecule has 168 valence electrons. The van der Waals surface area contributed by atoms with Crippen LogP contribution >= 0.6 is 15.9 Å². The number of rotatable bonds is 10. The van der Waals surface area contributed by atoms with Gasteiger partial charge in [0.2, 0.25) is 15.9 Å². The Kier molecular flexibility index (Phi) is 7.78. The maximum atomic E-state index is 13.3. The van der Waals surface area contributed by atoms with Gasteiger partial charge in [-0.25, -0.2) is 13.1 Å². The van der Waals surface area contributed by atoms with Crippen molar-refractivity contribution in [2.75, 3.05) is 5.75 Å². The highest BCUT2D eigenvalue weighted by molar-refractivity contribution is 9.10. The van der Waals surface area contributed by atoms with Crippen molar-refractivity contribution in [1.82, 2.24) is 10.0 Å². The summed E-state index contributed by atoms with van der Waals surface area (Å²) in [5.74, 6) is -0.233. The van der Waals surface area contributed by atoms with Gasteiger partial charge in [-0.15, -0.1) is 0 Å². The average molecular weight is 509 g/mol. The van der Waals surface area contributed by atoms with Gasteiger partial charge in [-0.2, -0.15) is 0 Å². The van der Waals surface area contributed by atoms with E-state index in [1.54, 1.807) is 12.1 Å². The molecule has 8 heteroatoms. The maximum Gasteiger partial charge on any atom is 0.239 e. The van der Waals surface area contributed by atoms with E-state index in [2.05, 4.69) is 26.0 Å². The third kappa shape index (κ3) is 6.30. The van der Waals surface area contributed by atoms with Crippen LogP contribution in [-0.2, 0) is 26.8 Å². The lowest BCUT2D eigenvalue weighted by Gasteiger charge is -2.44. The van der Waals surface area contributed by atoms with E-state index in [9.17, 15) is 18.3 Å². The molecule has 0 radical (unpaired) electrons. The maximum absolute atomic E-state index is 13.3. The van der Waals surface area contributed by atoms with E-state index < -0.39 is 21.6 Å². The van der Waals surface area contributed by atoms with Gasteiger partial charge in [0, 0.05) is 4.47 Å². The number of unbranched alkanes of at least 4 members (excludes halogenated alkanes) is 1. The molecule has 0 aromatic heterocycles. The minimum absolute atomic E-state index is 0.0143. The molecule has 1 saturated carbocycles. The molecular weight excluding hydrogens is 480 g/mol. The van der Waals surface area contributed by atoms with Crippen LogP contribution in [-0.4, -0.2) is 31.2 Å². The predicted molar refractivity (Wildman–Crippen MR) is 125 cm³/mol. The predicted octanol–water partition coefficient (Wildman–Crippen LogP) is 3.98. The molecule has 6 nitrogen and oxygen atoms in total. The first-order chi connectivity index (χ1) is 14.7. The average Bonchev–Trinajstić information content (AvgIpc) is 2.70. The highest BCUT2D eigenvalue weighted by atomic mass is 79.9. The third-order valence-corrected chi connectivity index (χ3v) is 7.69. The molecule has 0 saturated heterocycles. The first-order valence-corrected chi connectivity index (χ1v) is 13.0. The second-order valence-electron chi connectivity index (χ2n) is 8.15. The minimum Gasteiger partial charge on any atom is -0.508 e. The smallest absolute Gasteiger partial charge is 0.239 e. The SMILES string of the molecule is CCCCS(=O)(=O)NC(Cc1ccc(O)cc1)C(=O)NC1(c2cccc(Br)c2)CCC1. The van der Waals surface area contributed by atoms with Crippen LogP contribution < -0.4 is 10.0 Å². The van der Waals surface area contributed by atoms with Crippen LogP contribution in [0.2, 0.25) is 0 Å². The summed E-state index contributed by atoms with van der Waals surface area (Å²) in [6.45, 7) is 1.93. The summed E-state index contributed by atoms with van der Waals surface area (Å²) in [5.41, 5.74) is 1.29. The molecule has 1 amide bonds. The van der Waals surface area contributed by atoms with Gasteiger partial charge in [0.15, 0.2) is 0 Å². The number of benzene rings is 2. The molecule has 1 aliphatic carbocycles. The lowest BCUT2D eigenvalue weighted by molar-refractivity contribution is -0.126. The summed E-state index contributed by atoms with van der Waals surface area (Å²) < 4.78 is 28.7. The van der Waals surface area contributed by atoms with Gasteiger partial charge >= 0.3 is 0 Å². The first-order valence-electron chi connectivity index (χ1n) is 10.6. The largest absolute Gasteiger partial charge is 0.508 e. The molecule has 3 N–H and O–H groups in total. The van der Waals surface area contributed by atoms with Crippen molar-refractivity contribution in [3.05, 3.63) is 64.1 Å². The zero-order valence-corrected chi connectivity index (χ0v) is 20.0. The number of carbonyl (C=O) groups is 1. The van der Waals surface area contributed by atoms with Crippen molar-refractivity contribution in [3.63, 3.8) is 0 Å². The number of hydrogen-bond acceptors (Lipinski definition) is 4. The Labute approximate surface area is 192 Å². The second-order valence-corrected chi connectivity index (χ2v) is 10.9. The Bertz CT molecular complexity index is 1000. The fraction of sp³-hybridized carbons (Fsp3) is 0.435. The van der Waals surface area contributed by atoms with Crippen molar-refractivity contribution >= 4 is 31.9 Å². The Hall–Kier alpha value is -1.90. The van der Waals surface area contributed by atoms with Crippen LogP contribution in [0.1, 0.15) is 50.2 Å². The van der Waals surface area contributed by atoms with Gasteiger partial charge in [0.25, 0.3) is 0 Å².